The molecule has 0 unspecified atom stereocenters. The van der Waals surface area contributed by atoms with Crippen molar-refractivity contribution >= 4 is 11.6 Å². The first kappa shape index (κ1) is 14.1. The van der Waals surface area contributed by atoms with Gasteiger partial charge in [-0.25, -0.2) is 0 Å². The Morgan fingerprint density at radius 2 is 1.84 bits per heavy atom. The van der Waals surface area contributed by atoms with Crippen LogP contribution in [0.5, 0.6) is 0 Å². The van der Waals surface area contributed by atoms with Gasteiger partial charge in [-0.15, -0.1) is 0 Å². The molecular formula is C17H20ClN. The summed E-state index contributed by atoms with van der Waals surface area (Å²) in [4.78, 5) is 0. The lowest BCUT2D eigenvalue weighted by atomic mass is 9.98. The van der Waals surface area contributed by atoms with Gasteiger partial charge < -0.3 is 5.32 Å². The summed E-state index contributed by atoms with van der Waals surface area (Å²) >= 11 is 6.23. The number of hydrogen-bond acceptors (Lipinski definition) is 1. The Hall–Kier alpha value is -1.31. The van der Waals surface area contributed by atoms with Crippen LogP contribution < -0.4 is 5.32 Å². The number of benzene rings is 2. The fourth-order valence-electron chi connectivity index (χ4n) is 2.03. The lowest BCUT2D eigenvalue weighted by molar-refractivity contribution is 0.589. The summed E-state index contributed by atoms with van der Waals surface area (Å²) in [5.41, 5.74) is 4.84. The van der Waals surface area contributed by atoms with E-state index in [4.69, 9.17) is 11.6 Å². The minimum atomic E-state index is 0.481. The van der Waals surface area contributed by atoms with Gasteiger partial charge in [0.1, 0.15) is 0 Å². The lowest BCUT2D eigenvalue weighted by Gasteiger charge is -2.13. The third kappa shape index (κ3) is 3.59. The average Bonchev–Trinajstić information content (AvgIpc) is 2.40. The predicted octanol–water partition coefficient (Wildman–Crippen LogP) is 4.81. The van der Waals surface area contributed by atoms with Crippen LogP contribution in [0, 0.1) is 6.92 Å². The topological polar surface area (TPSA) is 12.0 Å². The number of aryl methyl sites for hydroxylation is 1. The van der Waals surface area contributed by atoms with Gasteiger partial charge in [0.05, 0.1) is 0 Å². The van der Waals surface area contributed by atoms with E-state index in [9.17, 15) is 0 Å². The molecule has 19 heavy (non-hydrogen) atoms. The Balaban J connectivity index is 2.35. The molecule has 0 aromatic heterocycles. The summed E-state index contributed by atoms with van der Waals surface area (Å²) in [5, 5.41) is 4.29. The molecular weight excluding hydrogens is 254 g/mol. The molecule has 0 radical (unpaired) electrons. The highest BCUT2D eigenvalue weighted by molar-refractivity contribution is 6.31. The molecule has 2 rings (SSSR count). The minimum Gasteiger partial charge on any atom is -0.310 e. The number of hydrogen-bond donors (Lipinski definition) is 1. The molecule has 2 heteroatoms. The van der Waals surface area contributed by atoms with Crippen molar-refractivity contribution in [1.82, 2.24) is 5.32 Å². The van der Waals surface area contributed by atoms with Gasteiger partial charge in [0.15, 0.2) is 0 Å². The van der Waals surface area contributed by atoms with Crippen LogP contribution in [0.25, 0.3) is 11.1 Å². The first-order valence-corrected chi connectivity index (χ1v) is 7.03. The van der Waals surface area contributed by atoms with Crippen LogP contribution in [0.2, 0.25) is 5.02 Å². The van der Waals surface area contributed by atoms with Crippen LogP contribution in [-0.4, -0.2) is 6.04 Å². The van der Waals surface area contributed by atoms with Crippen LogP contribution in [0.1, 0.15) is 25.0 Å². The Morgan fingerprint density at radius 3 is 2.53 bits per heavy atom. The predicted molar refractivity (Wildman–Crippen MR) is 83.6 cm³/mol. The molecule has 0 saturated carbocycles. The summed E-state index contributed by atoms with van der Waals surface area (Å²) in [6, 6.07) is 15.2. The summed E-state index contributed by atoms with van der Waals surface area (Å²) in [6.45, 7) is 7.22. The van der Waals surface area contributed by atoms with Crippen molar-refractivity contribution in [3.63, 3.8) is 0 Å². The Bertz CT molecular complexity index is 561. The van der Waals surface area contributed by atoms with Gasteiger partial charge in [0.2, 0.25) is 0 Å². The summed E-state index contributed by atoms with van der Waals surface area (Å²) in [7, 11) is 0. The zero-order valence-corrected chi connectivity index (χ0v) is 12.5. The zero-order chi connectivity index (χ0) is 13.8. The Kier molecular flexibility index (Phi) is 4.62. The fraction of sp³-hybridized carbons (Fsp3) is 0.294. The molecule has 0 fully saturated rings. The highest BCUT2D eigenvalue weighted by Gasteiger charge is 2.06. The second-order valence-corrected chi connectivity index (χ2v) is 5.56. The van der Waals surface area contributed by atoms with E-state index < -0.39 is 0 Å². The maximum absolute atomic E-state index is 6.23. The number of halogens is 1. The van der Waals surface area contributed by atoms with E-state index in [1.165, 1.54) is 16.7 Å². The monoisotopic (exact) mass is 273 g/mol. The molecule has 0 saturated heterocycles. The molecule has 100 valence electrons. The molecule has 1 nitrogen and oxygen atoms in total. The molecule has 0 aliphatic rings. The van der Waals surface area contributed by atoms with Crippen LogP contribution in [0.15, 0.2) is 42.5 Å². The Morgan fingerprint density at radius 1 is 1.11 bits per heavy atom. The van der Waals surface area contributed by atoms with Crippen LogP contribution in [-0.2, 0) is 6.54 Å². The SMILES string of the molecule is Cc1ccc(-c2ccccc2CNC(C)C)cc1Cl. The second kappa shape index (κ2) is 6.23. The molecule has 0 aliphatic carbocycles. The third-order valence-corrected chi connectivity index (χ3v) is 3.61. The van der Waals surface area contributed by atoms with Gasteiger partial charge >= 0.3 is 0 Å². The molecule has 0 spiro atoms. The average molecular weight is 274 g/mol. The molecule has 0 bridgehead atoms. The maximum atomic E-state index is 6.23. The van der Waals surface area contributed by atoms with Gasteiger partial charge in [0, 0.05) is 17.6 Å². The second-order valence-electron chi connectivity index (χ2n) is 5.16. The van der Waals surface area contributed by atoms with E-state index in [1.807, 2.05) is 13.0 Å². The lowest BCUT2D eigenvalue weighted by Crippen LogP contribution is -2.22. The van der Waals surface area contributed by atoms with E-state index in [1.54, 1.807) is 0 Å². The third-order valence-electron chi connectivity index (χ3n) is 3.20. The van der Waals surface area contributed by atoms with Crippen molar-refractivity contribution in [2.75, 3.05) is 0 Å². The van der Waals surface area contributed by atoms with Gasteiger partial charge in [-0.1, -0.05) is 61.8 Å². The van der Waals surface area contributed by atoms with Crippen LogP contribution in [0.4, 0.5) is 0 Å². The molecule has 1 N–H and O–H groups in total. The van der Waals surface area contributed by atoms with Crippen molar-refractivity contribution in [1.29, 1.82) is 0 Å². The van der Waals surface area contributed by atoms with E-state index in [0.29, 0.717) is 6.04 Å². The fourth-order valence-corrected chi connectivity index (χ4v) is 2.21. The van der Waals surface area contributed by atoms with Gasteiger partial charge in [-0.2, -0.15) is 0 Å². The normalized spacial score (nSPS) is 11.0. The summed E-state index contributed by atoms with van der Waals surface area (Å²) in [5.74, 6) is 0. The van der Waals surface area contributed by atoms with E-state index in [-0.39, 0.29) is 0 Å². The molecule has 2 aromatic carbocycles. The van der Waals surface area contributed by atoms with Crippen molar-refractivity contribution in [3.8, 4) is 11.1 Å². The van der Waals surface area contributed by atoms with E-state index in [0.717, 1.165) is 17.1 Å². The van der Waals surface area contributed by atoms with Crippen molar-refractivity contribution in [3.05, 3.63) is 58.6 Å². The number of rotatable bonds is 4. The van der Waals surface area contributed by atoms with Crippen molar-refractivity contribution in [2.24, 2.45) is 0 Å². The standard InChI is InChI=1S/C17H20ClN/c1-12(2)19-11-15-6-4-5-7-16(15)14-9-8-13(3)17(18)10-14/h4-10,12,19H,11H2,1-3H3. The molecule has 0 aliphatic heterocycles. The maximum Gasteiger partial charge on any atom is 0.0441 e. The summed E-state index contributed by atoms with van der Waals surface area (Å²) in [6.07, 6.45) is 0. The molecule has 2 aromatic rings. The van der Waals surface area contributed by atoms with Gasteiger partial charge in [0.25, 0.3) is 0 Å². The molecule has 0 atom stereocenters. The van der Waals surface area contributed by atoms with Crippen molar-refractivity contribution < 1.29 is 0 Å². The smallest absolute Gasteiger partial charge is 0.0441 e. The first-order valence-electron chi connectivity index (χ1n) is 6.65. The Labute approximate surface area is 120 Å². The largest absolute Gasteiger partial charge is 0.310 e. The first-order chi connectivity index (χ1) is 9.08. The highest BCUT2D eigenvalue weighted by Crippen LogP contribution is 2.28. The van der Waals surface area contributed by atoms with Gasteiger partial charge in [-0.3, -0.25) is 0 Å². The van der Waals surface area contributed by atoms with Crippen LogP contribution >= 0.6 is 11.6 Å². The number of nitrogens with one attached hydrogen (secondary N) is 1. The van der Waals surface area contributed by atoms with E-state index in [2.05, 4.69) is 55.6 Å². The van der Waals surface area contributed by atoms with Crippen LogP contribution in [0.3, 0.4) is 0 Å². The highest BCUT2D eigenvalue weighted by atomic mass is 35.5. The minimum absolute atomic E-state index is 0.481. The van der Waals surface area contributed by atoms with Crippen molar-refractivity contribution in [2.45, 2.75) is 33.4 Å². The van der Waals surface area contributed by atoms with Gasteiger partial charge in [-0.05, 0) is 35.2 Å². The zero-order valence-electron chi connectivity index (χ0n) is 11.7. The summed E-state index contributed by atoms with van der Waals surface area (Å²) < 4.78 is 0. The quantitative estimate of drug-likeness (QED) is 0.843. The van der Waals surface area contributed by atoms with E-state index >= 15 is 0 Å². The molecule has 0 amide bonds. The molecule has 0 heterocycles.